The smallest absolute Gasteiger partial charge is 0.408 e. The number of alkyl carbamates (subject to hydrolysis) is 1. The van der Waals surface area contributed by atoms with Crippen molar-refractivity contribution < 1.29 is 23.9 Å². The van der Waals surface area contributed by atoms with E-state index in [0.717, 1.165) is 48.8 Å². The van der Waals surface area contributed by atoms with Crippen molar-refractivity contribution in [3.8, 4) is 0 Å². The molecule has 0 saturated heterocycles. The van der Waals surface area contributed by atoms with Crippen LogP contribution in [0.2, 0.25) is 0 Å². The molecule has 4 N–H and O–H groups in total. The lowest BCUT2D eigenvalue weighted by Gasteiger charge is -2.36. The minimum Gasteiger partial charge on any atom is -0.444 e. The summed E-state index contributed by atoms with van der Waals surface area (Å²) in [5.41, 5.74) is 6.65. The lowest BCUT2D eigenvalue weighted by atomic mass is 9.94. The number of nitrogens with two attached hydrogens (primary N) is 1. The van der Waals surface area contributed by atoms with Gasteiger partial charge >= 0.3 is 6.09 Å². The van der Waals surface area contributed by atoms with Gasteiger partial charge in [0.05, 0.1) is 0 Å². The van der Waals surface area contributed by atoms with Crippen molar-refractivity contribution in [2.24, 2.45) is 5.73 Å². The van der Waals surface area contributed by atoms with Gasteiger partial charge in [-0.2, -0.15) is 0 Å². The third-order valence-corrected chi connectivity index (χ3v) is 6.49. The summed E-state index contributed by atoms with van der Waals surface area (Å²) in [4.78, 5) is 54.3. The Morgan fingerprint density at radius 2 is 1.56 bits per heavy atom. The molecular formula is C32H54N4O5. The Hall–Kier alpha value is -3.10. The van der Waals surface area contributed by atoms with Crippen molar-refractivity contribution >= 4 is 23.8 Å². The minimum atomic E-state index is -1.10. The molecular weight excluding hydrogens is 520 g/mol. The molecule has 0 bridgehead atoms. The van der Waals surface area contributed by atoms with Gasteiger partial charge in [0, 0.05) is 18.5 Å². The van der Waals surface area contributed by atoms with E-state index in [-0.39, 0.29) is 18.7 Å². The van der Waals surface area contributed by atoms with Crippen LogP contribution >= 0.6 is 0 Å². The van der Waals surface area contributed by atoms with Crippen LogP contribution in [0.5, 0.6) is 0 Å². The molecule has 9 heteroatoms. The van der Waals surface area contributed by atoms with E-state index in [1.807, 2.05) is 52.8 Å². The van der Waals surface area contributed by atoms with E-state index in [2.05, 4.69) is 17.6 Å². The minimum absolute atomic E-state index is 0.0131. The number of nitrogens with one attached hydrogen (secondary N) is 2. The van der Waals surface area contributed by atoms with Crippen molar-refractivity contribution in [2.45, 2.75) is 137 Å². The molecule has 232 valence electrons. The molecule has 2 atom stereocenters. The highest BCUT2D eigenvalue weighted by Crippen LogP contribution is 2.28. The van der Waals surface area contributed by atoms with E-state index in [0.29, 0.717) is 13.0 Å². The summed E-state index contributed by atoms with van der Waals surface area (Å²) in [7, 11) is 0. The number of ether oxygens (including phenoxy) is 1. The van der Waals surface area contributed by atoms with Crippen LogP contribution in [0.1, 0.15) is 123 Å². The Bertz CT molecular complexity index is 1030. The number of primary amides is 1. The van der Waals surface area contributed by atoms with Crippen molar-refractivity contribution in [1.82, 2.24) is 15.5 Å². The number of nitrogens with zero attached hydrogens (tertiary/aromatic N) is 1. The van der Waals surface area contributed by atoms with Gasteiger partial charge in [0.2, 0.25) is 17.7 Å². The maximum atomic E-state index is 14.3. The molecule has 9 nitrogen and oxygen atoms in total. The number of carbonyl (C=O) groups is 4. The van der Waals surface area contributed by atoms with E-state index < -0.39 is 41.1 Å². The first-order chi connectivity index (χ1) is 18.9. The number of aryl methyl sites for hydroxylation is 2. The van der Waals surface area contributed by atoms with Gasteiger partial charge in [-0.25, -0.2) is 4.79 Å². The van der Waals surface area contributed by atoms with Crippen molar-refractivity contribution in [3.63, 3.8) is 0 Å². The predicted molar refractivity (Wildman–Crippen MR) is 163 cm³/mol. The van der Waals surface area contributed by atoms with Gasteiger partial charge in [0.1, 0.15) is 17.7 Å². The Morgan fingerprint density at radius 3 is 2.12 bits per heavy atom. The highest BCUT2D eigenvalue weighted by Gasteiger charge is 2.37. The molecule has 41 heavy (non-hydrogen) atoms. The SMILES string of the molecule is CCCCCCCCN(C(=O)C(CCC(N)=O)NC(=O)OC(C)(C)C)C(C(=O)NC(C)(C)C)c1cc(C)ccc1C. The van der Waals surface area contributed by atoms with Gasteiger partial charge in [0.15, 0.2) is 0 Å². The monoisotopic (exact) mass is 574 g/mol. The van der Waals surface area contributed by atoms with E-state index in [9.17, 15) is 19.2 Å². The van der Waals surface area contributed by atoms with Crippen LogP contribution in [-0.2, 0) is 19.1 Å². The first-order valence-corrected chi connectivity index (χ1v) is 14.9. The van der Waals surface area contributed by atoms with Gasteiger partial charge in [-0.05, 0) is 79.4 Å². The summed E-state index contributed by atoms with van der Waals surface area (Å²) in [5, 5.41) is 5.72. The Morgan fingerprint density at radius 1 is 0.951 bits per heavy atom. The zero-order chi connectivity index (χ0) is 31.4. The number of unbranched alkanes of at least 4 members (excludes halogenated alkanes) is 5. The molecule has 0 spiro atoms. The Kier molecular flexibility index (Phi) is 14.3. The number of carbonyl (C=O) groups excluding carboxylic acids is 4. The first kappa shape index (κ1) is 35.9. The molecule has 0 fully saturated rings. The molecule has 0 radical (unpaired) electrons. The van der Waals surface area contributed by atoms with Gasteiger partial charge < -0.3 is 26.0 Å². The lowest BCUT2D eigenvalue weighted by Crippen LogP contribution is -2.55. The summed E-state index contributed by atoms with van der Waals surface area (Å²) in [5.74, 6) is -1.36. The number of benzene rings is 1. The molecule has 1 aromatic carbocycles. The van der Waals surface area contributed by atoms with Crippen LogP contribution in [0.15, 0.2) is 18.2 Å². The van der Waals surface area contributed by atoms with Crippen LogP contribution in [-0.4, -0.2) is 52.4 Å². The summed E-state index contributed by atoms with van der Waals surface area (Å²) < 4.78 is 5.42. The van der Waals surface area contributed by atoms with Crippen LogP contribution in [0, 0.1) is 13.8 Å². The molecule has 1 aromatic rings. The zero-order valence-corrected chi connectivity index (χ0v) is 26.8. The quantitative estimate of drug-likeness (QED) is 0.235. The van der Waals surface area contributed by atoms with Crippen LogP contribution in [0.3, 0.4) is 0 Å². The van der Waals surface area contributed by atoms with E-state index in [1.54, 1.807) is 25.7 Å². The van der Waals surface area contributed by atoms with Gasteiger partial charge in [-0.15, -0.1) is 0 Å². The fourth-order valence-corrected chi connectivity index (χ4v) is 4.57. The lowest BCUT2D eigenvalue weighted by molar-refractivity contribution is -0.143. The maximum Gasteiger partial charge on any atom is 0.408 e. The number of amides is 4. The fourth-order valence-electron chi connectivity index (χ4n) is 4.57. The maximum absolute atomic E-state index is 14.3. The Labute approximate surface area is 247 Å². The highest BCUT2D eigenvalue weighted by molar-refractivity contribution is 5.93. The molecule has 0 aliphatic heterocycles. The second-order valence-electron chi connectivity index (χ2n) is 13.0. The molecule has 4 amide bonds. The largest absolute Gasteiger partial charge is 0.444 e. The zero-order valence-electron chi connectivity index (χ0n) is 26.8. The molecule has 1 rings (SSSR count). The summed E-state index contributed by atoms with van der Waals surface area (Å²) in [6.45, 7) is 17.2. The molecule has 0 saturated carbocycles. The van der Waals surface area contributed by atoms with Gasteiger partial charge in [0.25, 0.3) is 0 Å². The van der Waals surface area contributed by atoms with Crippen LogP contribution < -0.4 is 16.4 Å². The topological polar surface area (TPSA) is 131 Å². The van der Waals surface area contributed by atoms with E-state index in [1.165, 1.54) is 0 Å². The van der Waals surface area contributed by atoms with Gasteiger partial charge in [-0.3, -0.25) is 14.4 Å². The summed E-state index contributed by atoms with van der Waals surface area (Å²) in [6.07, 6.45) is 5.10. The summed E-state index contributed by atoms with van der Waals surface area (Å²) >= 11 is 0. The summed E-state index contributed by atoms with van der Waals surface area (Å²) in [6, 6.07) is 3.81. The normalized spacial score (nSPS) is 13.2. The molecule has 0 heterocycles. The number of hydrogen-bond donors (Lipinski definition) is 3. The second kappa shape index (κ2) is 16.4. The predicted octanol–water partition coefficient (Wildman–Crippen LogP) is 5.61. The number of hydrogen-bond acceptors (Lipinski definition) is 5. The standard InChI is InChI=1S/C32H54N4O5/c1-10-11-12-13-14-15-20-36(29(39)25(18-19-26(33)37)34-30(40)41-32(7,8)9)27(28(38)35-31(4,5)6)24-21-22(2)16-17-23(24)3/h16-17,21,25,27H,10-15,18-20H2,1-9H3,(H2,33,37)(H,34,40)(H,35,38). The average Bonchev–Trinajstić information content (AvgIpc) is 2.82. The molecule has 0 aliphatic rings. The molecule has 0 aliphatic carbocycles. The van der Waals surface area contributed by atoms with Gasteiger partial charge in [-0.1, -0.05) is 62.8 Å². The first-order valence-electron chi connectivity index (χ1n) is 14.9. The Balaban J connectivity index is 3.59. The number of rotatable bonds is 15. The van der Waals surface area contributed by atoms with Crippen molar-refractivity contribution in [3.05, 3.63) is 34.9 Å². The molecule has 0 aromatic heterocycles. The molecule has 2 unspecified atom stereocenters. The van der Waals surface area contributed by atoms with Crippen LogP contribution in [0.25, 0.3) is 0 Å². The van der Waals surface area contributed by atoms with Crippen molar-refractivity contribution in [1.29, 1.82) is 0 Å². The third-order valence-electron chi connectivity index (χ3n) is 6.49. The van der Waals surface area contributed by atoms with Crippen LogP contribution in [0.4, 0.5) is 4.79 Å². The average molecular weight is 575 g/mol. The van der Waals surface area contributed by atoms with E-state index >= 15 is 0 Å². The highest BCUT2D eigenvalue weighted by atomic mass is 16.6. The second-order valence-corrected chi connectivity index (χ2v) is 13.0. The fraction of sp³-hybridized carbons (Fsp3) is 0.688. The van der Waals surface area contributed by atoms with Crippen molar-refractivity contribution in [2.75, 3.05) is 6.54 Å². The van der Waals surface area contributed by atoms with E-state index in [4.69, 9.17) is 10.5 Å². The third kappa shape index (κ3) is 13.9.